The molecule has 3 rings (SSSR count). The van der Waals surface area contributed by atoms with Crippen LogP contribution in [-0.4, -0.2) is 33.7 Å². The predicted molar refractivity (Wildman–Crippen MR) is 127 cm³/mol. The second-order valence-electron chi connectivity index (χ2n) is 7.49. The molecular weight excluding hydrogens is 424 g/mol. The SMILES string of the molecule is CCOc1ccccc1N(CC(=O)NC(c1ccccc1)c1ccc(C)cc1)S(C)(=O)=O. The Bertz CT molecular complexity index is 1150. The Morgan fingerprint density at radius 2 is 1.53 bits per heavy atom. The molecule has 0 radical (unpaired) electrons. The van der Waals surface area contributed by atoms with Gasteiger partial charge in [-0.1, -0.05) is 72.3 Å². The molecule has 6 nitrogen and oxygen atoms in total. The van der Waals surface area contributed by atoms with Gasteiger partial charge in [0.1, 0.15) is 12.3 Å². The van der Waals surface area contributed by atoms with Crippen molar-refractivity contribution in [1.29, 1.82) is 0 Å². The summed E-state index contributed by atoms with van der Waals surface area (Å²) < 4.78 is 31.8. The molecule has 1 unspecified atom stereocenters. The van der Waals surface area contributed by atoms with E-state index in [4.69, 9.17) is 4.74 Å². The molecule has 32 heavy (non-hydrogen) atoms. The Labute approximate surface area is 189 Å². The first kappa shape index (κ1) is 23.3. The average Bonchev–Trinajstić information content (AvgIpc) is 2.77. The van der Waals surface area contributed by atoms with Crippen LogP contribution in [0.1, 0.15) is 29.7 Å². The van der Waals surface area contributed by atoms with E-state index >= 15 is 0 Å². The number of sulfonamides is 1. The summed E-state index contributed by atoms with van der Waals surface area (Å²) in [5.41, 5.74) is 3.27. The molecule has 1 amide bonds. The molecule has 1 N–H and O–H groups in total. The molecule has 0 aliphatic carbocycles. The third kappa shape index (κ3) is 5.88. The number of benzene rings is 3. The highest BCUT2D eigenvalue weighted by Gasteiger charge is 2.25. The maximum atomic E-state index is 13.1. The van der Waals surface area contributed by atoms with Gasteiger partial charge in [0, 0.05) is 0 Å². The first-order valence-electron chi connectivity index (χ1n) is 10.4. The first-order valence-corrected chi connectivity index (χ1v) is 12.2. The molecule has 168 valence electrons. The second kappa shape index (κ2) is 10.3. The molecule has 0 bridgehead atoms. The van der Waals surface area contributed by atoms with Gasteiger partial charge in [-0.25, -0.2) is 8.42 Å². The van der Waals surface area contributed by atoms with Crippen molar-refractivity contribution in [3.63, 3.8) is 0 Å². The molecule has 0 aromatic heterocycles. The number of nitrogens with one attached hydrogen (secondary N) is 1. The maximum absolute atomic E-state index is 13.1. The molecule has 1 atom stereocenters. The number of carbonyl (C=O) groups excluding carboxylic acids is 1. The zero-order valence-electron chi connectivity index (χ0n) is 18.5. The standard InChI is InChI=1S/C25H28N2O4S/c1-4-31-23-13-9-8-12-22(23)27(32(3,29)30)18-24(28)26-25(20-10-6-5-7-11-20)21-16-14-19(2)15-17-21/h5-17,25H,4,18H2,1-3H3,(H,26,28). The normalized spacial score (nSPS) is 12.1. The van der Waals surface area contributed by atoms with Crippen LogP contribution in [0.3, 0.4) is 0 Å². The van der Waals surface area contributed by atoms with E-state index in [0.717, 1.165) is 27.3 Å². The average molecular weight is 453 g/mol. The number of ether oxygens (including phenoxy) is 1. The van der Waals surface area contributed by atoms with Crippen LogP contribution in [0.2, 0.25) is 0 Å². The molecule has 0 spiro atoms. The molecular formula is C25H28N2O4S. The molecule has 0 saturated heterocycles. The van der Waals surface area contributed by atoms with Gasteiger partial charge in [0.15, 0.2) is 0 Å². The smallest absolute Gasteiger partial charge is 0.241 e. The van der Waals surface area contributed by atoms with Gasteiger partial charge >= 0.3 is 0 Å². The summed E-state index contributed by atoms with van der Waals surface area (Å²) in [6, 6.07) is 23.9. The number of carbonyl (C=O) groups is 1. The van der Waals surface area contributed by atoms with Crippen LogP contribution in [0.15, 0.2) is 78.9 Å². The second-order valence-corrected chi connectivity index (χ2v) is 9.40. The maximum Gasteiger partial charge on any atom is 0.241 e. The molecule has 7 heteroatoms. The summed E-state index contributed by atoms with van der Waals surface area (Å²) in [7, 11) is -3.73. The molecule has 3 aromatic carbocycles. The lowest BCUT2D eigenvalue weighted by molar-refractivity contribution is -0.120. The number of anilines is 1. The van der Waals surface area contributed by atoms with Crippen LogP contribution in [0.5, 0.6) is 5.75 Å². The minimum atomic E-state index is -3.73. The van der Waals surface area contributed by atoms with Gasteiger partial charge in [-0.05, 0) is 37.1 Å². The topological polar surface area (TPSA) is 75.7 Å². The van der Waals surface area contributed by atoms with Gasteiger partial charge in [-0.2, -0.15) is 0 Å². The van der Waals surface area contributed by atoms with Crippen LogP contribution in [0, 0.1) is 6.92 Å². The third-order valence-corrected chi connectivity index (χ3v) is 6.10. The van der Waals surface area contributed by atoms with Gasteiger partial charge in [-0.15, -0.1) is 0 Å². The van der Waals surface area contributed by atoms with E-state index in [0.29, 0.717) is 18.0 Å². The summed E-state index contributed by atoms with van der Waals surface area (Å²) in [4.78, 5) is 13.1. The fraction of sp³-hybridized carbons (Fsp3) is 0.240. The number of hydrogen-bond donors (Lipinski definition) is 1. The molecule has 3 aromatic rings. The lowest BCUT2D eigenvalue weighted by atomic mass is 9.98. The summed E-state index contributed by atoms with van der Waals surface area (Å²) >= 11 is 0. The van der Waals surface area contributed by atoms with Crippen molar-refractivity contribution in [2.24, 2.45) is 0 Å². The number of amides is 1. The van der Waals surface area contributed by atoms with Crippen molar-refractivity contribution >= 4 is 21.6 Å². The van der Waals surface area contributed by atoms with E-state index < -0.39 is 22.0 Å². The third-order valence-electron chi connectivity index (χ3n) is 4.97. The molecule has 0 saturated carbocycles. The van der Waals surface area contributed by atoms with Crippen LogP contribution < -0.4 is 14.4 Å². The molecule has 0 fully saturated rings. The molecule has 0 aliphatic heterocycles. The summed E-state index contributed by atoms with van der Waals surface area (Å²) in [6.45, 7) is 3.84. The van der Waals surface area contributed by atoms with Crippen molar-refractivity contribution in [3.8, 4) is 5.75 Å². The fourth-order valence-electron chi connectivity index (χ4n) is 3.42. The number of nitrogens with zero attached hydrogens (tertiary/aromatic N) is 1. The van der Waals surface area contributed by atoms with Crippen molar-refractivity contribution in [1.82, 2.24) is 5.32 Å². The lowest BCUT2D eigenvalue weighted by Crippen LogP contribution is -2.42. The van der Waals surface area contributed by atoms with Crippen LogP contribution in [0.25, 0.3) is 0 Å². The van der Waals surface area contributed by atoms with Crippen LogP contribution in [0.4, 0.5) is 5.69 Å². The highest BCUT2D eigenvalue weighted by atomic mass is 32.2. The van der Waals surface area contributed by atoms with E-state index in [1.54, 1.807) is 24.3 Å². The summed E-state index contributed by atoms with van der Waals surface area (Å²) in [6.07, 6.45) is 1.08. The Morgan fingerprint density at radius 1 is 0.938 bits per heavy atom. The zero-order valence-corrected chi connectivity index (χ0v) is 19.3. The summed E-state index contributed by atoms with van der Waals surface area (Å²) in [5.74, 6) is -0.0116. The molecule has 0 heterocycles. The van der Waals surface area contributed by atoms with Crippen molar-refractivity contribution in [3.05, 3.63) is 95.6 Å². The number of aryl methyl sites for hydroxylation is 1. The van der Waals surface area contributed by atoms with Crippen molar-refractivity contribution in [2.45, 2.75) is 19.9 Å². The van der Waals surface area contributed by atoms with E-state index in [-0.39, 0.29) is 6.54 Å². The highest BCUT2D eigenvalue weighted by Crippen LogP contribution is 2.30. The lowest BCUT2D eigenvalue weighted by Gasteiger charge is -2.26. The predicted octanol–water partition coefficient (Wildman–Crippen LogP) is 4.07. The fourth-order valence-corrected chi connectivity index (χ4v) is 4.28. The van der Waals surface area contributed by atoms with E-state index in [1.165, 1.54) is 0 Å². The molecule has 0 aliphatic rings. The number of hydrogen-bond acceptors (Lipinski definition) is 4. The van der Waals surface area contributed by atoms with E-state index in [1.807, 2.05) is 68.4 Å². The van der Waals surface area contributed by atoms with Crippen LogP contribution >= 0.6 is 0 Å². The van der Waals surface area contributed by atoms with E-state index in [9.17, 15) is 13.2 Å². The zero-order chi connectivity index (χ0) is 23.1. The summed E-state index contributed by atoms with van der Waals surface area (Å²) in [5, 5.41) is 3.01. The largest absolute Gasteiger partial charge is 0.492 e. The Morgan fingerprint density at radius 3 is 2.16 bits per heavy atom. The minimum absolute atomic E-state index is 0.332. The minimum Gasteiger partial charge on any atom is -0.492 e. The van der Waals surface area contributed by atoms with Gasteiger partial charge in [0.2, 0.25) is 15.9 Å². The van der Waals surface area contributed by atoms with Crippen LogP contribution in [-0.2, 0) is 14.8 Å². The monoisotopic (exact) mass is 452 g/mol. The number of rotatable bonds is 9. The van der Waals surface area contributed by atoms with Gasteiger partial charge in [0.05, 0.1) is 24.6 Å². The van der Waals surface area contributed by atoms with Crippen molar-refractivity contribution in [2.75, 3.05) is 23.7 Å². The van der Waals surface area contributed by atoms with Gasteiger partial charge in [0.25, 0.3) is 0 Å². The van der Waals surface area contributed by atoms with Crippen molar-refractivity contribution < 1.29 is 17.9 Å². The quantitative estimate of drug-likeness (QED) is 0.531. The highest BCUT2D eigenvalue weighted by molar-refractivity contribution is 7.92. The van der Waals surface area contributed by atoms with Gasteiger partial charge in [-0.3, -0.25) is 9.10 Å². The Hall–Kier alpha value is -3.32. The Kier molecular flexibility index (Phi) is 7.53. The van der Waals surface area contributed by atoms with E-state index in [2.05, 4.69) is 5.32 Å². The van der Waals surface area contributed by atoms with Gasteiger partial charge < -0.3 is 10.1 Å². The number of para-hydroxylation sites is 2. The first-order chi connectivity index (χ1) is 15.3. The Balaban J connectivity index is 1.91.